The van der Waals surface area contributed by atoms with Gasteiger partial charge in [-0.1, -0.05) is 13.8 Å². The number of nitrogens with one attached hydrogen (secondary N) is 1. The lowest BCUT2D eigenvalue weighted by Gasteiger charge is -2.28. The molecule has 1 unspecified atom stereocenters. The first-order chi connectivity index (χ1) is 10.1. The molecule has 21 heavy (non-hydrogen) atoms. The standard InChI is InChI=1S/C17H30N4/c1-14(2)11-18-12-15-7-8-19-17(10-15)21-9-5-6-16(21)13-20(3)4/h7-8,10,14,16,18H,5-6,9,11-13H2,1-4H3. The molecule has 1 aliphatic rings. The van der Waals surface area contributed by atoms with Crippen LogP contribution in [0.4, 0.5) is 5.82 Å². The summed E-state index contributed by atoms with van der Waals surface area (Å²) < 4.78 is 0. The average Bonchev–Trinajstić information content (AvgIpc) is 2.86. The summed E-state index contributed by atoms with van der Waals surface area (Å²) in [6.45, 7) is 8.71. The van der Waals surface area contributed by atoms with Crippen LogP contribution in [0, 0.1) is 5.92 Å². The summed E-state index contributed by atoms with van der Waals surface area (Å²) in [7, 11) is 4.30. The molecule has 1 atom stereocenters. The van der Waals surface area contributed by atoms with Crippen LogP contribution in [0.1, 0.15) is 32.3 Å². The number of hydrogen-bond acceptors (Lipinski definition) is 4. The maximum atomic E-state index is 4.60. The zero-order valence-electron chi connectivity index (χ0n) is 14.0. The van der Waals surface area contributed by atoms with Crippen molar-refractivity contribution >= 4 is 5.82 Å². The summed E-state index contributed by atoms with van der Waals surface area (Å²) in [4.78, 5) is 9.35. The smallest absolute Gasteiger partial charge is 0.129 e. The van der Waals surface area contributed by atoms with E-state index in [0.29, 0.717) is 12.0 Å². The zero-order valence-corrected chi connectivity index (χ0v) is 14.0. The first kappa shape index (κ1) is 16.2. The molecule has 0 aromatic carbocycles. The lowest BCUT2D eigenvalue weighted by atomic mass is 10.2. The van der Waals surface area contributed by atoms with E-state index < -0.39 is 0 Å². The average molecular weight is 290 g/mol. The van der Waals surface area contributed by atoms with Crippen molar-refractivity contribution in [3.63, 3.8) is 0 Å². The summed E-state index contributed by atoms with van der Waals surface area (Å²) in [6, 6.07) is 4.97. The van der Waals surface area contributed by atoms with Crippen LogP contribution in [0.25, 0.3) is 0 Å². The van der Waals surface area contributed by atoms with Gasteiger partial charge in [0.1, 0.15) is 5.82 Å². The third-order valence-electron chi connectivity index (χ3n) is 3.94. The van der Waals surface area contributed by atoms with Gasteiger partial charge in [0.25, 0.3) is 0 Å². The monoisotopic (exact) mass is 290 g/mol. The molecule has 1 aromatic heterocycles. The fraction of sp³-hybridized carbons (Fsp3) is 0.706. The second-order valence-corrected chi connectivity index (χ2v) is 6.80. The highest BCUT2D eigenvalue weighted by atomic mass is 15.3. The molecule has 4 nitrogen and oxygen atoms in total. The van der Waals surface area contributed by atoms with Crippen LogP contribution in [0.5, 0.6) is 0 Å². The fourth-order valence-corrected chi connectivity index (χ4v) is 2.98. The van der Waals surface area contributed by atoms with Crippen LogP contribution in [-0.2, 0) is 6.54 Å². The summed E-state index contributed by atoms with van der Waals surface area (Å²) >= 11 is 0. The van der Waals surface area contributed by atoms with Crippen molar-refractivity contribution in [3.05, 3.63) is 23.9 Å². The van der Waals surface area contributed by atoms with Crippen molar-refractivity contribution in [2.24, 2.45) is 5.92 Å². The van der Waals surface area contributed by atoms with E-state index in [1.165, 1.54) is 18.4 Å². The van der Waals surface area contributed by atoms with E-state index in [1.807, 2.05) is 6.20 Å². The molecule has 0 spiro atoms. The Bertz CT molecular complexity index is 431. The Morgan fingerprint density at radius 2 is 2.24 bits per heavy atom. The third-order valence-corrected chi connectivity index (χ3v) is 3.94. The summed E-state index contributed by atoms with van der Waals surface area (Å²) in [5.41, 5.74) is 1.33. The molecule has 0 bridgehead atoms. The van der Waals surface area contributed by atoms with Crippen LogP contribution in [-0.4, -0.2) is 49.7 Å². The Morgan fingerprint density at radius 1 is 1.43 bits per heavy atom. The lowest BCUT2D eigenvalue weighted by Crippen LogP contribution is -2.38. The van der Waals surface area contributed by atoms with Gasteiger partial charge in [-0.25, -0.2) is 4.98 Å². The Hall–Kier alpha value is -1.13. The predicted molar refractivity (Wildman–Crippen MR) is 89.7 cm³/mol. The molecule has 0 saturated carbocycles. The molecule has 1 aliphatic heterocycles. The number of rotatable bonds is 7. The first-order valence-corrected chi connectivity index (χ1v) is 8.13. The first-order valence-electron chi connectivity index (χ1n) is 8.13. The quantitative estimate of drug-likeness (QED) is 0.835. The van der Waals surface area contributed by atoms with Gasteiger partial charge in [0.15, 0.2) is 0 Å². The molecule has 2 rings (SSSR count). The SMILES string of the molecule is CC(C)CNCc1ccnc(N2CCCC2CN(C)C)c1. The maximum absolute atomic E-state index is 4.60. The van der Waals surface area contributed by atoms with E-state index in [0.717, 1.165) is 32.0 Å². The highest BCUT2D eigenvalue weighted by Crippen LogP contribution is 2.24. The van der Waals surface area contributed by atoms with Crippen LogP contribution in [0.2, 0.25) is 0 Å². The number of aromatic nitrogens is 1. The second kappa shape index (κ2) is 7.76. The molecule has 0 radical (unpaired) electrons. The minimum Gasteiger partial charge on any atom is -0.352 e. The van der Waals surface area contributed by atoms with Gasteiger partial charge in [0, 0.05) is 31.9 Å². The number of likely N-dealkylation sites (N-methyl/N-ethyl adjacent to an activating group) is 1. The Kier molecular flexibility index (Phi) is 6.00. The number of pyridine rings is 1. The Balaban J connectivity index is 1.99. The molecule has 1 aromatic rings. The molecule has 0 aliphatic carbocycles. The minimum atomic E-state index is 0.603. The molecular weight excluding hydrogens is 260 g/mol. The highest BCUT2D eigenvalue weighted by molar-refractivity contribution is 5.43. The molecule has 1 N–H and O–H groups in total. The van der Waals surface area contributed by atoms with Gasteiger partial charge in [-0.15, -0.1) is 0 Å². The molecule has 2 heterocycles. The van der Waals surface area contributed by atoms with Gasteiger partial charge in [0.05, 0.1) is 0 Å². The topological polar surface area (TPSA) is 31.4 Å². The van der Waals surface area contributed by atoms with E-state index in [2.05, 4.69) is 60.2 Å². The number of hydrogen-bond donors (Lipinski definition) is 1. The van der Waals surface area contributed by atoms with Gasteiger partial charge in [-0.3, -0.25) is 0 Å². The fourth-order valence-electron chi connectivity index (χ4n) is 2.98. The van der Waals surface area contributed by atoms with Crippen molar-refractivity contribution < 1.29 is 0 Å². The lowest BCUT2D eigenvalue weighted by molar-refractivity contribution is 0.371. The summed E-state index contributed by atoms with van der Waals surface area (Å²) in [5, 5.41) is 3.51. The van der Waals surface area contributed by atoms with Crippen molar-refractivity contribution in [1.82, 2.24) is 15.2 Å². The summed E-state index contributed by atoms with van der Waals surface area (Å²) in [5.74, 6) is 1.83. The number of nitrogens with zero attached hydrogens (tertiary/aromatic N) is 3. The van der Waals surface area contributed by atoms with Gasteiger partial charge in [-0.05, 0) is 57.1 Å². The molecule has 118 valence electrons. The molecule has 1 fully saturated rings. The van der Waals surface area contributed by atoms with Gasteiger partial charge in [-0.2, -0.15) is 0 Å². The normalized spacial score (nSPS) is 19.0. The van der Waals surface area contributed by atoms with Gasteiger partial charge < -0.3 is 15.1 Å². The van der Waals surface area contributed by atoms with Crippen LogP contribution < -0.4 is 10.2 Å². The third kappa shape index (κ3) is 4.97. The minimum absolute atomic E-state index is 0.603. The molecular formula is C17H30N4. The van der Waals surface area contributed by atoms with Gasteiger partial charge >= 0.3 is 0 Å². The molecule has 4 heteroatoms. The largest absolute Gasteiger partial charge is 0.352 e. The van der Waals surface area contributed by atoms with Crippen LogP contribution in [0.3, 0.4) is 0 Å². The Morgan fingerprint density at radius 3 is 2.95 bits per heavy atom. The van der Waals surface area contributed by atoms with Crippen molar-refractivity contribution in [1.29, 1.82) is 0 Å². The summed E-state index contributed by atoms with van der Waals surface area (Å²) in [6.07, 6.45) is 4.50. The highest BCUT2D eigenvalue weighted by Gasteiger charge is 2.25. The molecule has 1 saturated heterocycles. The van der Waals surface area contributed by atoms with E-state index in [9.17, 15) is 0 Å². The zero-order chi connectivity index (χ0) is 15.2. The van der Waals surface area contributed by atoms with E-state index in [1.54, 1.807) is 0 Å². The van der Waals surface area contributed by atoms with E-state index >= 15 is 0 Å². The number of anilines is 1. The van der Waals surface area contributed by atoms with Crippen molar-refractivity contribution in [2.75, 3.05) is 38.6 Å². The van der Waals surface area contributed by atoms with E-state index in [-0.39, 0.29) is 0 Å². The van der Waals surface area contributed by atoms with Crippen molar-refractivity contribution in [3.8, 4) is 0 Å². The van der Waals surface area contributed by atoms with Crippen molar-refractivity contribution in [2.45, 2.75) is 39.3 Å². The van der Waals surface area contributed by atoms with Gasteiger partial charge in [0.2, 0.25) is 0 Å². The second-order valence-electron chi connectivity index (χ2n) is 6.80. The van der Waals surface area contributed by atoms with Crippen LogP contribution in [0.15, 0.2) is 18.3 Å². The maximum Gasteiger partial charge on any atom is 0.129 e. The van der Waals surface area contributed by atoms with Crippen LogP contribution >= 0.6 is 0 Å². The predicted octanol–water partition coefficient (Wildman–Crippen LogP) is 2.36. The Labute approximate surface area is 129 Å². The molecule has 0 amide bonds. The van der Waals surface area contributed by atoms with E-state index in [4.69, 9.17) is 0 Å².